The Morgan fingerprint density at radius 2 is 1.62 bits per heavy atom. The van der Waals surface area contributed by atoms with Crippen LogP contribution in [-0.4, -0.2) is 57.1 Å². The van der Waals surface area contributed by atoms with Crippen molar-refractivity contribution in [2.24, 2.45) is 0 Å². The van der Waals surface area contributed by atoms with E-state index in [9.17, 15) is 22.4 Å². The van der Waals surface area contributed by atoms with Gasteiger partial charge >= 0.3 is 0 Å². The molecule has 0 bridgehead atoms. The molecule has 8 nitrogen and oxygen atoms in total. The molecular formula is C30H36FN3O5S. The SMILES string of the molecule is CCC(C)NC(=O)C(Cc1ccccc1)N(Cc1cccc(OC)c1)C(=O)CN(c1ccc(F)cc1)S(C)(=O)=O. The summed E-state index contributed by atoms with van der Waals surface area (Å²) in [5.74, 6) is -0.884. The van der Waals surface area contributed by atoms with Crippen molar-refractivity contribution < 1.29 is 27.1 Å². The van der Waals surface area contributed by atoms with Crippen molar-refractivity contribution in [2.45, 2.75) is 45.3 Å². The lowest BCUT2D eigenvalue weighted by molar-refractivity contribution is -0.140. The molecule has 0 aliphatic rings. The van der Waals surface area contributed by atoms with E-state index in [0.717, 1.165) is 28.3 Å². The van der Waals surface area contributed by atoms with E-state index in [1.807, 2.05) is 50.2 Å². The number of anilines is 1. The fourth-order valence-corrected chi connectivity index (χ4v) is 5.03. The Morgan fingerprint density at radius 3 is 2.23 bits per heavy atom. The minimum Gasteiger partial charge on any atom is -0.497 e. The Kier molecular flexibility index (Phi) is 10.7. The summed E-state index contributed by atoms with van der Waals surface area (Å²) in [7, 11) is -2.39. The van der Waals surface area contributed by atoms with E-state index in [-0.39, 0.29) is 30.6 Å². The predicted octanol–water partition coefficient (Wildman–Crippen LogP) is 4.16. The number of ether oxygens (including phenoxy) is 1. The number of benzene rings is 3. The highest BCUT2D eigenvalue weighted by atomic mass is 32.2. The number of halogens is 1. The van der Waals surface area contributed by atoms with Crippen molar-refractivity contribution in [3.05, 3.63) is 95.8 Å². The maximum atomic E-state index is 14.0. The zero-order valence-electron chi connectivity index (χ0n) is 23.2. The second-order valence-electron chi connectivity index (χ2n) is 9.64. The number of hydrogen-bond acceptors (Lipinski definition) is 5. The van der Waals surface area contributed by atoms with Crippen LogP contribution in [0.2, 0.25) is 0 Å². The van der Waals surface area contributed by atoms with Crippen LogP contribution in [0.25, 0.3) is 0 Å². The first-order valence-electron chi connectivity index (χ1n) is 13.0. The van der Waals surface area contributed by atoms with Gasteiger partial charge in [-0.05, 0) is 60.9 Å². The molecule has 0 aliphatic carbocycles. The van der Waals surface area contributed by atoms with Crippen molar-refractivity contribution >= 4 is 27.5 Å². The number of methoxy groups -OCH3 is 1. The second kappa shape index (κ2) is 13.9. The Bertz CT molecular complexity index is 1380. The molecule has 3 aromatic carbocycles. The average molecular weight is 570 g/mol. The summed E-state index contributed by atoms with van der Waals surface area (Å²) < 4.78 is 45.4. The molecule has 3 rings (SSSR count). The first kappa shape index (κ1) is 30.6. The van der Waals surface area contributed by atoms with Gasteiger partial charge in [0.2, 0.25) is 21.8 Å². The summed E-state index contributed by atoms with van der Waals surface area (Å²) in [4.78, 5) is 29.1. The molecule has 0 aliphatic heterocycles. The lowest BCUT2D eigenvalue weighted by Crippen LogP contribution is -2.54. The lowest BCUT2D eigenvalue weighted by Gasteiger charge is -2.34. The Morgan fingerprint density at radius 1 is 0.975 bits per heavy atom. The molecule has 0 radical (unpaired) electrons. The van der Waals surface area contributed by atoms with Gasteiger partial charge in [-0.1, -0.05) is 49.4 Å². The molecule has 3 aromatic rings. The number of amides is 2. The number of hydrogen-bond donors (Lipinski definition) is 1. The van der Waals surface area contributed by atoms with Crippen molar-refractivity contribution in [3.8, 4) is 5.75 Å². The molecule has 0 aromatic heterocycles. The molecule has 40 heavy (non-hydrogen) atoms. The third-order valence-corrected chi connectivity index (χ3v) is 7.69. The van der Waals surface area contributed by atoms with E-state index in [1.165, 1.54) is 24.1 Å². The van der Waals surface area contributed by atoms with E-state index in [2.05, 4.69) is 5.32 Å². The first-order valence-corrected chi connectivity index (χ1v) is 14.9. The number of nitrogens with zero attached hydrogens (tertiary/aromatic N) is 2. The molecular weight excluding hydrogens is 533 g/mol. The molecule has 1 N–H and O–H groups in total. The zero-order chi connectivity index (χ0) is 29.3. The highest BCUT2D eigenvalue weighted by molar-refractivity contribution is 7.92. The van der Waals surface area contributed by atoms with Crippen LogP contribution in [0.5, 0.6) is 5.75 Å². The largest absolute Gasteiger partial charge is 0.497 e. The first-order chi connectivity index (χ1) is 19.0. The molecule has 0 saturated heterocycles. The van der Waals surface area contributed by atoms with Crippen LogP contribution in [0.1, 0.15) is 31.4 Å². The van der Waals surface area contributed by atoms with Crippen molar-refractivity contribution in [1.29, 1.82) is 0 Å². The van der Waals surface area contributed by atoms with Gasteiger partial charge < -0.3 is 15.0 Å². The maximum absolute atomic E-state index is 14.0. The van der Waals surface area contributed by atoms with Crippen LogP contribution in [0.4, 0.5) is 10.1 Å². The van der Waals surface area contributed by atoms with E-state index >= 15 is 0 Å². The molecule has 2 atom stereocenters. The van der Waals surface area contributed by atoms with Gasteiger partial charge in [-0.3, -0.25) is 13.9 Å². The van der Waals surface area contributed by atoms with E-state index < -0.39 is 34.3 Å². The van der Waals surface area contributed by atoms with Gasteiger partial charge in [0.25, 0.3) is 0 Å². The number of carbonyl (C=O) groups is 2. The van der Waals surface area contributed by atoms with Crippen molar-refractivity contribution in [1.82, 2.24) is 10.2 Å². The van der Waals surface area contributed by atoms with Gasteiger partial charge in [-0.15, -0.1) is 0 Å². The third-order valence-electron chi connectivity index (χ3n) is 6.55. The van der Waals surface area contributed by atoms with E-state index in [1.54, 1.807) is 18.2 Å². The molecule has 0 spiro atoms. The van der Waals surface area contributed by atoms with Crippen LogP contribution in [0.3, 0.4) is 0 Å². The fraction of sp³-hybridized carbons (Fsp3) is 0.333. The maximum Gasteiger partial charge on any atom is 0.244 e. The van der Waals surface area contributed by atoms with Crippen LogP contribution >= 0.6 is 0 Å². The van der Waals surface area contributed by atoms with E-state index in [4.69, 9.17) is 4.74 Å². The fourth-order valence-electron chi connectivity index (χ4n) is 4.18. The average Bonchev–Trinajstić information content (AvgIpc) is 2.94. The smallest absolute Gasteiger partial charge is 0.244 e. The number of rotatable bonds is 13. The van der Waals surface area contributed by atoms with Gasteiger partial charge in [0.05, 0.1) is 19.1 Å². The monoisotopic (exact) mass is 569 g/mol. The summed E-state index contributed by atoms with van der Waals surface area (Å²) >= 11 is 0. The highest BCUT2D eigenvalue weighted by Gasteiger charge is 2.33. The standard InChI is InChI=1S/C30H36FN3O5S/c1-5-22(2)32-30(36)28(19-23-10-7-6-8-11-23)33(20-24-12-9-13-27(18-24)39-3)29(35)21-34(40(4,37)38)26-16-14-25(31)15-17-26/h6-18,22,28H,5,19-21H2,1-4H3,(H,32,36). The Labute approximate surface area is 235 Å². The summed E-state index contributed by atoms with van der Waals surface area (Å²) in [6, 6.07) is 20.2. The van der Waals surface area contributed by atoms with Crippen LogP contribution < -0.4 is 14.4 Å². The number of nitrogens with one attached hydrogen (secondary N) is 1. The Hall–Kier alpha value is -3.92. The second-order valence-corrected chi connectivity index (χ2v) is 11.5. The van der Waals surface area contributed by atoms with Gasteiger partial charge in [0.15, 0.2) is 0 Å². The summed E-state index contributed by atoms with van der Waals surface area (Å²) in [5.41, 5.74) is 1.69. The molecule has 0 heterocycles. The van der Waals surface area contributed by atoms with Crippen molar-refractivity contribution in [2.75, 3.05) is 24.2 Å². The van der Waals surface area contributed by atoms with Crippen LogP contribution in [0.15, 0.2) is 78.9 Å². The lowest BCUT2D eigenvalue weighted by atomic mass is 10.0. The van der Waals surface area contributed by atoms with Crippen molar-refractivity contribution in [3.63, 3.8) is 0 Å². The quantitative estimate of drug-likeness (QED) is 0.334. The molecule has 2 unspecified atom stereocenters. The predicted molar refractivity (Wildman–Crippen MR) is 154 cm³/mol. The number of carbonyl (C=O) groups excluding carboxylic acids is 2. The third kappa shape index (κ3) is 8.54. The van der Waals surface area contributed by atoms with Crippen LogP contribution in [-0.2, 0) is 32.6 Å². The number of sulfonamides is 1. The van der Waals surface area contributed by atoms with Gasteiger partial charge in [-0.2, -0.15) is 0 Å². The summed E-state index contributed by atoms with van der Waals surface area (Å²) in [5, 5.41) is 2.98. The van der Waals surface area contributed by atoms with Gasteiger partial charge in [-0.25, -0.2) is 12.8 Å². The molecule has 10 heteroatoms. The van der Waals surface area contributed by atoms with E-state index in [0.29, 0.717) is 17.7 Å². The highest BCUT2D eigenvalue weighted by Crippen LogP contribution is 2.22. The Balaban J connectivity index is 2.06. The molecule has 0 fully saturated rings. The minimum absolute atomic E-state index is 0.0302. The minimum atomic E-state index is -3.93. The molecule has 214 valence electrons. The summed E-state index contributed by atoms with van der Waals surface area (Å²) in [6.45, 7) is 3.29. The zero-order valence-corrected chi connectivity index (χ0v) is 24.0. The topological polar surface area (TPSA) is 96.0 Å². The van der Waals surface area contributed by atoms with Gasteiger partial charge in [0.1, 0.15) is 24.2 Å². The summed E-state index contributed by atoms with van der Waals surface area (Å²) in [6.07, 6.45) is 1.89. The van der Waals surface area contributed by atoms with Gasteiger partial charge in [0, 0.05) is 19.0 Å². The normalized spacial score (nSPS) is 12.7. The van der Waals surface area contributed by atoms with Crippen LogP contribution in [0, 0.1) is 5.82 Å². The molecule has 0 saturated carbocycles. The molecule has 2 amide bonds.